The molecule has 4 aromatic carbocycles. The average Bonchev–Trinajstić information content (AvgIpc) is 3.31. The van der Waals surface area contributed by atoms with E-state index in [0.717, 1.165) is 33.4 Å². The minimum absolute atomic E-state index is 0.0671. The number of methoxy groups -OCH3 is 8. The van der Waals surface area contributed by atoms with E-state index >= 15 is 0 Å². The van der Waals surface area contributed by atoms with Gasteiger partial charge < -0.3 is 47.7 Å². The zero-order valence-corrected chi connectivity index (χ0v) is 37.3. The van der Waals surface area contributed by atoms with Crippen molar-refractivity contribution < 1.29 is 47.5 Å². The summed E-state index contributed by atoms with van der Waals surface area (Å²) in [5.41, 5.74) is 6.40. The second-order valence-corrected chi connectivity index (χ2v) is 15.9. The second-order valence-electron chi connectivity index (χ2n) is 15.9. The molecule has 14 heteroatoms. The molecule has 62 heavy (non-hydrogen) atoms. The van der Waals surface area contributed by atoms with Crippen LogP contribution in [-0.2, 0) is 35.3 Å². The predicted octanol–water partition coefficient (Wildman–Crippen LogP) is 5.41. The van der Waals surface area contributed by atoms with E-state index in [2.05, 4.69) is 9.80 Å². The molecule has 0 aromatic heterocycles. The van der Waals surface area contributed by atoms with Gasteiger partial charge in [0.25, 0.3) is 0 Å². The lowest BCUT2D eigenvalue weighted by molar-refractivity contribution is -0.138. The highest BCUT2D eigenvalue weighted by Crippen LogP contribution is 2.42. The van der Waals surface area contributed by atoms with E-state index in [-0.39, 0.29) is 37.0 Å². The van der Waals surface area contributed by atoms with Crippen LogP contribution in [0.15, 0.2) is 60.7 Å². The lowest BCUT2D eigenvalue weighted by Gasteiger charge is -2.41. The first kappa shape index (κ1) is 44.2. The van der Waals surface area contributed by atoms with E-state index < -0.39 is 0 Å². The zero-order chi connectivity index (χ0) is 43.9. The Bertz CT molecular complexity index is 2070. The number of benzene rings is 4. The van der Waals surface area contributed by atoms with Gasteiger partial charge in [-0.1, -0.05) is 12.1 Å². The number of hydrogen-bond donors (Lipinski definition) is 0. The van der Waals surface area contributed by atoms with Gasteiger partial charge in [0.05, 0.1) is 82.1 Å². The zero-order valence-electron chi connectivity index (χ0n) is 37.3. The van der Waals surface area contributed by atoms with Crippen LogP contribution >= 0.6 is 0 Å². The van der Waals surface area contributed by atoms with E-state index in [0.29, 0.717) is 111 Å². The molecule has 0 bridgehead atoms. The van der Waals surface area contributed by atoms with Crippen LogP contribution in [0.25, 0.3) is 0 Å². The standard InChI is InChI=1S/C48H60N4O10/c1-55-39-11-9-31(23-41(39)57-3)21-37-35-27-45(61-7)43(59-5)25-33(35)13-15-51(37)47(53)29-49-17-19-50(20-18-49)30-48(54)52-16-14-34-26-44(60-6)46(62-8)28-36(34)38(52)22-32-10-12-40(56-2)42(24-32)58-4/h9-12,23-28,37-38H,13-22,29-30H2,1-8H3. The van der Waals surface area contributed by atoms with Gasteiger partial charge in [0.1, 0.15) is 0 Å². The largest absolute Gasteiger partial charge is 0.493 e. The fraction of sp³-hybridized carbons (Fsp3) is 0.458. The second kappa shape index (κ2) is 19.9. The van der Waals surface area contributed by atoms with E-state index in [9.17, 15) is 9.59 Å². The van der Waals surface area contributed by atoms with Gasteiger partial charge in [-0.05, 0) is 108 Å². The van der Waals surface area contributed by atoms with Crippen LogP contribution in [0.1, 0.15) is 45.5 Å². The first-order valence-electron chi connectivity index (χ1n) is 21.1. The van der Waals surface area contributed by atoms with Crippen molar-refractivity contribution in [1.82, 2.24) is 19.6 Å². The topological polar surface area (TPSA) is 121 Å². The number of piperazine rings is 1. The van der Waals surface area contributed by atoms with Crippen LogP contribution in [0.5, 0.6) is 46.0 Å². The van der Waals surface area contributed by atoms with Crippen molar-refractivity contribution in [3.63, 3.8) is 0 Å². The molecule has 332 valence electrons. The van der Waals surface area contributed by atoms with Crippen LogP contribution in [-0.4, -0.2) is 141 Å². The maximum atomic E-state index is 14.4. The maximum Gasteiger partial charge on any atom is 0.237 e. The molecule has 2 amide bonds. The van der Waals surface area contributed by atoms with E-state index in [1.807, 2.05) is 70.5 Å². The third kappa shape index (κ3) is 9.31. The third-order valence-corrected chi connectivity index (χ3v) is 12.6. The summed E-state index contributed by atoms with van der Waals surface area (Å²) in [5.74, 6) is 5.32. The van der Waals surface area contributed by atoms with Crippen LogP contribution in [0.2, 0.25) is 0 Å². The van der Waals surface area contributed by atoms with Crippen LogP contribution in [0.3, 0.4) is 0 Å². The molecule has 0 N–H and O–H groups in total. The van der Waals surface area contributed by atoms with E-state index in [1.165, 1.54) is 0 Å². The number of nitrogens with zero attached hydrogens (tertiary/aromatic N) is 4. The Balaban J connectivity index is 1.04. The van der Waals surface area contributed by atoms with Crippen molar-refractivity contribution in [1.29, 1.82) is 0 Å². The summed E-state index contributed by atoms with van der Waals surface area (Å²) < 4.78 is 45.0. The average molecular weight is 853 g/mol. The van der Waals surface area contributed by atoms with Gasteiger partial charge in [-0.3, -0.25) is 19.4 Å². The molecule has 1 saturated heterocycles. The van der Waals surface area contributed by atoms with Crippen molar-refractivity contribution in [3.8, 4) is 46.0 Å². The summed E-state index contributed by atoms with van der Waals surface area (Å²) in [7, 11) is 13.0. The molecule has 4 aromatic rings. The first-order chi connectivity index (χ1) is 30.1. The molecule has 0 saturated carbocycles. The van der Waals surface area contributed by atoms with Crippen molar-refractivity contribution in [3.05, 3.63) is 94.0 Å². The predicted molar refractivity (Wildman–Crippen MR) is 235 cm³/mol. The van der Waals surface area contributed by atoms with Gasteiger partial charge in [0.15, 0.2) is 46.0 Å². The molecular formula is C48H60N4O10. The fourth-order valence-corrected chi connectivity index (χ4v) is 9.23. The summed E-state index contributed by atoms with van der Waals surface area (Å²) in [6.45, 7) is 4.41. The van der Waals surface area contributed by atoms with Crippen LogP contribution in [0.4, 0.5) is 0 Å². The SMILES string of the molecule is COc1ccc(CC2c3cc(OC)c(OC)cc3CCN2C(=O)CN2CCN(CC(=O)N3CCc4cc(OC)c(OC)cc4C3Cc3ccc(OC)c(OC)c3)CC2)cc1OC. The minimum atomic E-state index is -0.231. The van der Waals surface area contributed by atoms with Gasteiger partial charge in [-0.15, -0.1) is 0 Å². The van der Waals surface area contributed by atoms with E-state index in [4.69, 9.17) is 37.9 Å². The smallest absolute Gasteiger partial charge is 0.237 e. The Hall–Kier alpha value is -5.86. The molecule has 0 radical (unpaired) electrons. The minimum Gasteiger partial charge on any atom is -0.493 e. The summed E-state index contributed by atoms with van der Waals surface area (Å²) in [6.07, 6.45) is 2.57. The lowest BCUT2D eigenvalue weighted by atomic mass is 9.88. The number of ether oxygens (including phenoxy) is 8. The molecule has 2 atom stereocenters. The highest BCUT2D eigenvalue weighted by molar-refractivity contribution is 5.80. The number of amides is 2. The molecule has 3 heterocycles. The van der Waals surface area contributed by atoms with Gasteiger partial charge in [0.2, 0.25) is 11.8 Å². The third-order valence-electron chi connectivity index (χ3n) is 12.6. The normalized spacial score (nSPS) is 17.7. The Morgan fingerprint density at radius 2 is 0.758 bits per heavy atom. The summed E-state index contributed by atoms with van der Waals surface area (Å²) in [5, 5.41) is 0. The quantitative estimate of drug-likeness (QED) is 0.143. The van der Waals surface area contributed by atoms with Crippen molar-refractivity contribution in [2.45, 2.75) is 37.8 Å². The molecule has 7 rings (SSSR count). The number of carbonyl (C=O) groups is 2. The van der Waals surface area contributed by atoms with Crippen LogP contribution < -0.4 is 37.9 Å². The number of carbonyl (C=O) groups excluding carboxylic acids is 2. The van der Waals surface area contributed by atoms with Crippen molar-refractivity contribution in [2.24, 2.45) is 0 Å². The molecule has 14 nitrogen and oxygen atoms in total. The Kier molecular flexibility index (Phi) is 14.2. The summed E-state index contributed by atoms with van der Waals surface area (Å²) >= 11 is 0. The molecule has 1 fully saturated rings. The van der Waals surface area contributed by atoms with Gasteiger partial charge in [-0.25, -0.2) is 0 Å². The van der Waals surface area contributed by atoms with Crippen molar-refractivity contribution >= 4 is 11.8 Å². The highest BCUT2D eigenvalue weighted by Gasteiger charge is 2.36. The highest BCUT2D eigenvalue weighted by atomic mass is 16.5. The van der Waals surface area contributed by atoms with Gasteiger partial charge >= 0.3 is 0 Å². The first-order valence-corrected chi connectivity index (χ1v) is 21.1. The molecule has 3 aliphatic heterocycles. The lowest BCUT2D eigenvalue weighted by Crippen LogP contribution is -2.53. The Morgan fingerprint density at radius 3 is 1.10 bits per heavy atom. The van der Waals surface area contributed by atoms with Crippen LogP contribution in [0, 0.1) is 0 Å². The monoisotopic (exact) mass is 852 g/mol. The number of hydrogen-bond acceptors (Lipinski definition) is 12. The molecule has 2 unspecified atom stereocenters. The molecule has 3 aliphatic rings. The van der Waals surface area contributed by atoms with Crippen molar-refractivity contribution in [2.75, 3.05) is 109 Å². The van der Waals surface area contributed by atoms with E-state index in [1.54, 1.807) is 56.9 Å². The Labute approximate surface area is 365 Å². The number of fused-ring (bicyclic) bond motifs is 2. The maximum absolute atomic E-state index is 14.4. The summed E-state index contributed by atoms with van der Waals surface area (Å²) in [4.78, 5) is 37.2. The molecular weight excluding hydrogens is 793 g/mol. The molecule has 0 aliphatic carbocycles. The number of rotatable bonds is 16. The summed E-state index contributed by atoms with van der Waals surface area (Å²) in [6, 6.07) is 19.4. The fourth-order valence-electron chi connectivity index (χ4n) is 9.23. The van der Waals surface area contributed by atoms with Gasteiger partial charge in [-0.2, -0.15) is 0 Å². The van der Waals surface area contributed by atoms with Gasteiger partial charge in [0, 0.05) is 39.3 Å². The Morgan fingerprint density at radius 1 is 0.435 bits per heavy atom. The molecule has 0 spiro atoms.